The van der Waals surface area contributed by atoms with Crippen LogP contribution in [0.25, 0.3) is 0 Å². The predicted octanol–water partition coefficient (Wildman–Crippen LogP) is 0.900. The molecular weight excluding hydrogens is 224 g/mol. The largest absolute Gasteiger partial charge is 0.288 e. The average Bonchev–Trinajstić information content (AvgIpc) is 2.43. The predicted molar refractivity (Wildman–Crippen MR) is 52.1 cm³/mol. The van der Waals surface area contributed by atoms with Crippen molar-refractivity contribution in [1.29, 1.82) is 0 Å². The number of nitro groups is 1. The van der Waals surface area contributed by atoms with E-state index in [1.807, 2.05) is 5.32 Å². The van der Waals surface area contributed by atoms with Crippen molar-refractivity contribution in [2.75, 3.05) is 0 Å². The Bertz CT molecular complexity index is 472. The van der Waals surface area contributed by atoms with E-state index in [1.165, 1.54) is 18.2 Å². The zero-order chi connectivity index (χ0) is 10.3. The smallest absolute Gasteiger partial charge is 0.282 e. The van der Waals surface area contributed by atoms with E-state index >= 15 is 0 Å². The molecular formula is C8H5ClN2O4. The zero-order valence-electron chi connectivity index (χ0n) is 7.22. The maximum absolute atomic E-state index is 11.2. The number of rotatable bonds is 1. The molecule has 0 fully saturated rings. The van der Waals surface area contributed by atoms with Gasteiger partial charge < -0.3 is 0 Å². The first-order chi connectivity index (χ1) is 6.61. The first-order valence-corrected chi connectivity index (χ1v) is 3.74. The number of carbonyl (C=O) groups excluding carboxylic acids is 2. The summed E-state index contributed by atoms with van der Waals surface area (Å²) in [5, 5.41) is 12.5. The fourth-order valence-corrected chi connectivity index (χ4v) is 1.35. The molecule has 1 heterocycles. The highest BCUT2D eigenvalue weighted by Crippen LogP contribution is 2.25. The minimum absolute atomic E-state index is 0. The molecule has 1 aromatic carbocycles. The first-order valence-electron chi connectivity index (χ1n) is 3.74. The molecule has 0 bridgehead atoms. The molecule has 2 rings (SSSR count). The molecule has 6 nitrogen and oxygen atoms in total. The van der Waals surface area contributed by atoms with Gasteiger partial charge in [0.2, 0.25) is 0 Å². The Morgan fingerprint density at radius 1 is 1.20 bits per heavy atom. The van der Waals surface area contributed by atoms with Crippen LogP contribution in [-0.4, -0.2) is 16.7 Å². The number of imide groups is 1. The molecule has 0 aromatic heterocycles. The van der Waals surface area contributed by atoms with Gasteiger partial charge in [-0.25, -0.2) is 0 Å². The van der Waals surface area contributed by atoms with Gasteiger partial charge in [-0.15, -0.1) is 12.4 Å². The Morgan fingerprint density at radius 3 is 2.47 bits per heavy atom. The van der Waals surface area contributed by atoms with Crippen LogP contribution in [0, 0.1) is 10.1 Å². The molecule has 0 saturated carbocycles. The van der Waals surface area contributed by atoms with Gasteiger partial charge in [-0.05, 0) is 6.07 Å². The lowest BCUT2D eigenvalue weighted by Gasteiger charge is -1.95. The Kier molecular flexibility index (Phi) is 2.71. The number of hydrogen-bond donors (Lipinski definition) is 1. The van der Waals surface area contributed by atoms with Gasteiger partial charge in [0.25, 0.3) is 17.5 Å². The minimum atomic E-state index is -0.711. The van der Waals surface area contributed by atoms with Crippen LogP contribution in [0.3, 0.4) is 0 Å². The first kappa shape index (κ1) is 11.1. The summed E-state index contributed by atoms with van der Waals surface area (Å²) in [6, 6.07) is 3.94. The maximum atomic E-state index is 11.2. The average molecular weight is 229 g/mol. The highest BCUT2D eigenvalue weighted by atomic mass is 35.5. The molecule has 0 atom stereocenters. The fraction of sp³-hybridized carbons (Fsp3) is 0. The Hall–Kier alpha value is -1.95. The number of halogens is 1. The second-order valence-electron chi connectivity index (χ2n) is 2.74. The zero-order valence-corrected chi connectivity index (χ0v) is 8.04. The second kappa shape index (κ2) is 3.66. The number of hydrogen-bond acceptors (Lipinski definition) is 4. The third-order valence-corrected chi connectivity index (χ3v) is 1.94. The standard InChI is InChI=1S/C8H4N2O4.ClH/c11-7-4-2-1-3-5(10(13)14)6(4)8(12)9-7;/h1-3H,(H,9,11,12);1H. The minimum Gasteiger partial charge on any atom is -0.288 e. The summed E-state index contributed by atoms with van der Waals surface area (Å²) in [4.78, 5) is 32.1. The van der Waals surface area contributed by atoms with Crippen molar-refractivity contribution in [2.45, 2.75) is 0 Å². The van der Waals surface area contributed by atoms with Crippen molar-refractivity contribution in [3.63, 3.8) is 0 Å². The normalized spacial score (nSPS) is 12.8. The quantitative estimate of drug-likeness (QED) is 0.439. The topological polar surface area (TPSA) is 89.3 Å². The lowest BCUT2D eigenvalue weighted by Crippen LogP contribution is -2.20. The molecule has 1 aromatic rings. The van der Waals surface area contributed by atoms with Gasteiger partial charge in [0.05, 0.1) is 10.5 Å². The van der Waals surface area contributed by atoms with Crippen LogP contribution < -0.4 is 5.32 Å². The summed E-state index contributed by atoms with van der Waals surface area (Å²) in [6.45, 7) is 0. The number of nitrogens with zero attached hydrogens (tertiary/aromatic N) is 1. The number of fused-ring (bicyclic) bond motifs is 1. The van der Waals surface area contributed by atoms with E-state index in [2.05, 4.69) is 0 Å². The molecule has 0 saturated heterocycles. The molecule has 0 spiro atoms. The van der Waals surface area contributed by atoms with E-state index in [1.54, 1.807) is 0 Å². The van der Waals surface area contributed by atoms with Crippen LogP contribution >= 0.6 is 12.4 Å². The monoisotopic (exact) mass is 228 g/mol. The van der Waals surface area contributed by atoms with Crippen LogP contribution in [0.4, 0.5) is 5.69 Å². The van der Waals surface area contributed by atoms with Crippen LogP contribution in [0.1, 0.15) is 20.7 Å². The van der Waals surface area contributed by atoms with Gasteiger partial charge >= 0.3 is 0 Å². The number of amides is 2. The third-order valence-electron chi connectivity index (χ3n) is 1.94. The van der Waals surface area contributed by atoms with Gasteiger partial charge in [-0.2, -0.15) is 0 Å². The van der Waals surface area contributed by atoms with Crippen LogP contribution in [0.15, 0.2) is 18.2 Å². The lowest BCUT2D eigenvalue weighted by molar-refractivity contribution is -0.385. The summed E-state index contributed by atoms with van der Waals surface area (Å²) in [5.74, 6) is -1.30. The number of nitro benzene ring substituents is 1. The van der Waals surface area contributed by atoms with Gasteiger partial charge in [0.15, 0.2) is 0 Å². The van der Waals surface area contributed by atoms with Gasteiger partial charge in [-0.3, -0.25) is 25.0 Å². The summed E-state index contributed by atoms with van der Waals surface area (Å²) in [7, 11) is 0. The van der Waals surface area contributed by atoms with Crippen LogP contribution in [0.2, 0.25) is 0 Å². The molecule has 0 aliphatic carbocycles. The summed E-state index contributed by atoms with van der Waals surface area (Å²) >= 11 is 0. The van der Waals surface area contributed by atoms with Crippen LogP contribution in [-0.2, 0) is 0 Å². The van der Waals surface area contributed by atoms with E-state index in [9.17, 15) is 19.7 Å². The Labute approximate surface area is 89.8 Å². The molecule has 1 aliphatic rings. The molecule has 78 valence electrons. The summed E-state index contributed by atoms with van der Waals surface area (Å²) < 4.78 is 0. The van der Waals surface area contributed by atoms with E-state index in [-0.39, 0.29) is 29.2 Å². The van der Waals surface area contributed by atoms with Crippen molar-refractivity contribution in [1.82, 2.24) is 5.32 Å². The Balaban J connectivity index is 0.00000112. The van der Waals surface area contributed by atoms with Gasteiger partial charge in [0.1, 0.15) is 5.56 Å². The van der Waals surface area contributed by atoms with E-state index in [0.29, 0.717) is 0 Å². The van der Waals surface area contributed by atoms with Crippen molar-refractivity contribution < 1.29 is 14.5 Å². The van der Waals surface area contributed by atoms with Crippen molar-refractivity contribution in [3.05, 3.63) is 39.4 Å². The Morgan fingerprint density at radius 2 is 1.87 bits per heavy atom. The van der Waals surface area contributed by atoms with E-state index in [4.69, 9.17) is 0 Å². The van der Waals surface area contributed by atoms with Crippen LogP contribution in [0.5, 0.6) is 0 Å². The SMILES string of the molecule is Cl.O=C1NC(=O)c2c1cccc2[N+](=O)[O-]. The molecule has 1 N–H and O–H groups in total. The van der Waals surface area contributed by atoms with E-state index < -0.39 is 16.7 Å². The molecule has 7 heteroatoms. The molecule has 1 aliphatic heterocycles. The van der Waals surface area contributed by atoms with Crippen molar-refractivity contribution in [2.24, 2.45) is 0 Å². The lowest BCUT2D eigenvalue weighted by atomic mass is 10.1. The maximum Gasteiger partial charge on any atom is 0.282 e. The fourth-order valence-electron chi connectivity index (χ4n) is 1.35. The van der Waals surface area contributed by atoms with Crippen molar-refractivity contribution in [3.8, 4) is 0 Å². The highest BCUT2D eigenvalue weighted by Gasteiger charge is 2.33. The van der Waals surface area contributed by atoms with E-state index in [0.717, 1.165) is 0 Å². The highest BCUT2D eigenvalue weighted by molar-refractivity contribution is 6.23. The second-order valence-corrected chi connectivity index (χ2v) is 2.74. The number of benzene rings is 1. The van der Waals surface area contributed by atoms with Gasteiger partial charge in [0, 0.05) is 6.07 Å². The molecule has 0 radical (unpaired) electrons. The molecule has 0 unspecified atom stereocenters. The molecule has 15 heavy (non-hydrogen) atoms. The molecule has 2 amide bonds. The summed E-state index contributed by atoms with van der Waals surface area (Å²) in [6.07, 6.45) is 0. The van der Waals surface area contributed by atoms with Crippen molar-refractivity contribution >= 4 is 29.9 Å². The van der Waals surface area contributed by atoms with Gasteiger partial charge in [-0.1, -0.05) is 6.07 Å². The third kappa shape index (κ3) is 1.55. The number of nitrogens with one attached hydrogen (secondary N) is 1. The number of carbonyl (C=O) groups is 2. The summed E-state index contributed by atoms with van der Waals surface area (Å²) in [5.41, 5.74) is -0.433.